The number of fused-ring (bicyclic) bond motifs is 1. The van der Waals surface area contributed by atoms with Crippen LogP contribution in [0, 0.1) is 0 Å². The second-order valence-electron chi connectivity index (χ2n) is 8.65. The first-order valence-corrected chi connectivity index (χ1v) is 11.6. The summed E-state index contributed by atoms with van der Waals surface area (Å²) >= 11 is 0. The lowest BCUT2D eigenvalue weighted by atomic mass is 9.95. The van der Waals surface area contributed by atoms with Gasteiger partial charge in [-0.15, -0.1) is 0 Å². The molecule has 35 heavy (non-hydrogen) atoms. The van der Waals surface area contributed by atoms with E-state index in [-0.39, 0.29) is 24.4 Å². The molecular weight excluding hydrogens is 459 g/mol. The number of anilines is 1. The fourth-order valence-electron chi connectivity index (χ4n) is 4.46. The van der Waals surface area contributed by atoms with Gasteiger partial charge in [0.25, 0.3) is 0 Å². The van der Waals surface area contributed by atoms with E-state index in [0.29, 0.717) is 36.3 Å². The number of hydrogen-bond acceptors (Lipinski definition) is 5. The topological polar surface area (TPSA) is 83.3 Å². The van der Waals surface area contributed by atoms with E-state index >= 15 is 0 Å². The quantitative estimate of drug-likeness (QED) is 0.476. The van der Waals surface area contributed by atoms with E-state index in [9.17, 15) is 23.1 Å². The van der Waals surface area contributed by atoms with Gasteiger partial charge in [0.15, 0.2) is 5.69 Å². The molecule has 0 fully saturated rings. The molecule has 10 heteroatoms. The van der Waals surface area contributed by atoms with Crippen molar-refractivity contribution in [3.63, 3.8) is 0 Å². The molecule has 2 heterocycles. The van der Waals surface area contributed by atoms with Crippen molar-refractivity contribution < 1.29 is 23.1 Å². The summed E-state index contributed by atoms with van der Waals surface area (Å²) in [6.45, 7) is -0.209. The molecule has 7 nitrogen and oxygen atoms in total. The van der Waals surface area contributed by atoms with Gasteiger partial charge in [0.1, 0.15) is 6.23 Å². The van der Waals surface area contributed by atoms with Crippen LogP contribution in [-0.2, 0) is 36.8 Å². The summed E-state index contributed by atoms with van der Waals surface area (Å²) in [7, 11) is 1.64. The van der Waals surface area contributed by atoms with Gasteiger partial charge in [0.2, 0.25) is 5.91 Å². The van der Waals surface area contributed by atoms with Crippen LogP contribution in [0.4, 0.5) is 18.9 Å². The first-order valence-electron chi connectivity index (χ1n) is 11.6. The van der Waals surface area contributed by atoms with E-state index in [4.69, 9.17) is 0 Å². The maximum absolute atomic E-state index is 13.5. The summed E-state index contributed by atoms with van der Waals surface area (Å²) in [6.07, 6.45) is -1.82. The highest BCUT2D eigenvalue weighted by molar-refractivity contribution is 5.96. The minimum absolute atomic E-state index is 0.193. The molecule has 3 aromatic rings. The van der Waals surface area contributed by atoms with Gasteiger partial charge in [-0.25, -0.2) is 0 Å². The zero-order valence-corrected chi connectivity index (χ0v) is 19.4. The van der Waals surface area contributed by atoms with Gasteiger partial charge in [0.05, 0.1) is 12.6 Å². The molecule has 2 aromatic heterocycles. The average molecular weight is 488 g/mol. The van der Waals surface area contributed by atoms with Crippen LogP contribution in [0.5, 0.6) is 0 Å². The van der Waals surface area contributed by atoms with Gasteiger partial charge >= 0.3 is 6.18 Å². The van der Waals surface area contributed by atoms with Crippen LogP contribution in [0.15, 0.2) is 54.7 Å². The van der Waals surface area contributed by atoms with Crippen molar-refractivity contribution in [1.29, 1.82) is 0 Å². The number of halogens is 3. The zero-order valence-electron chi connectivity index (χ0n) is 19.4. The summed E-state index contributed by atoms with van der Waals surface area (Å²) < 4.78 is 41.8. The van der Waals surface area contributed by atoms with Crippen LogP contribution in [0.2, 0.25) is 0 Å². The van der Waals surface area contributed by atoms with Gasteiger partial charge in [0, 0.05) is 42.3 Å². The number of aromatic nitrogens is 3. The number of pyridine rings is 1. The number of nitrogens with one attached hydrogen (secondary N) is 1. The maximum Gasteiger partial charge on any atom is 0.435 e. The number of likely N-dealkylation sites (N-methyl/N-ethyl adjacent to an activating group) is 1. The summed E-state index contributed by atoms with van der Waals surface area (Å²) in [5.74, 6) is -0.306. The van der Waals surface area contributed by atoms with E-state index in [1.165, 1.54) is 9.58 Å². The molecule has 0 bridgehead atoms. The van der Waals surface area contributed by atoms with E-state index in [2.05, 4.69) is 15.4 Å². The Kier molecular flexibility index (Phi) is 7.51. The van der Waals surface area contributed by atoms with Crippen molar-refractivity contribution in [2.75, 3.05) is 11.9 Å². The number of hydrogen-bond donors (Lipinski definition) is 2. The number of para-hydroxylation sites is 1. The molecule has 0 saturated carbocycles. The van der Waals surface area contributed by atoms with Crippen molar-refractivity contribution in [3.05, 3.63) is 77.4 Å². The Bertz CT molecular complexity index is 1140. The van der Waals surface area contributed by atoms with Crippen molar-refractivity contribution in [2.24, 2.45) is 0 Å². The summed E-state index contributed by atoms with van der Waals surface area (Å²) in [4.78, 5) is 19.1. The predicted molar refractivity (Wildman–Crippen MR) is 125 cm³/mol. The molecular formula is C25H28F3N5O2. The van der Waals surface area contributed by atoms with Crippen LogP contribution in [0.1, 0.15) is 35.5 Å². The monoisotopic (exact) mass is 487 g/mol. The molecule has 186 valence electrons. The third-order valence-electron chi connectivity index (χ3n) is 6.18. The van der Waals surface area contributed by atoms with Gasteiger partial charge < -0.3 is 10.0 Å². The molecule has 1 amide bonds. The van der Waals surface area contributed by atoms with Crippen molar-refractivity contribution in [3.8, 4) is 0 Å². The van der Waals surface area contributed by atoms with Crippen molar-refractivity contribution in [1.82, 2.24) is 20.1 Å². The smallest absolute Gasteiger partial charge is 0.377 e. The molecule has 2 atom stereocenters. The van der Waals surface area contributed by atoms with Gasteiger partial charge in [-0.2, -0.15) is 18.3 Å². The third kappa shape index (κ3) is 5.88. The number of nitrogens with zero attached hydrogens (tertiary/aromatic N) is 4. The number of alkyl halides is 3. The summed E-state index contributed by atoms with van der Waals surface area (Å²) in [6, 6.07) is 13.5. The number of amides is 1. The zero-order chi connectivity index (χ0) is 25.0. The van der Waals surface area contributed by atoms with Crippen LogP contribution in [0.3, 0.4) is 0 Å². The number of carbonyl (C=O) groups is 1. The van der Waals surface area contributed by atoms with E-state index in [1.54, 1.807) is 43.6 Å². The lowest BCUT2D eigenvalue weighted by Gasteiger charge is -2.27. The molecule has 4 rings (SSSR count). The molecule has 1 aliphatic carbocycles. The predicted octanol–water partition coefficient (Wildman–Crippen LogP) is 3.36. The second-order valence-corrected chi connectivity index (χ2v) is 8.65. The highest BCUT2D eigenvalue weighted by Gasteiger charge is 2.39. The molecule has 0 saturated heterocycles. The summed E-state index contributed by atoms with van der Waals surface area (Å²) in [5, 5.41) is 17.5. The van der Waals surface area contributed by atoms with Crippen molar-refractivity contribution in [2.45, 2.75) is 57.1 Å². The molecule has 2 N–H and O–H groups in total. The number of carbonyl (C=O) groups excluding carboxylic acids is 1. The first kappa shape index (κ1) is 24.9. The molecule has 1 unspecified atom stereocenters. The Labute approximate surface area is 201 Å². The van der Waals surface area contributed by atoms with Gasteiger partial charge in [-0.05, 0) is 49.9 Å². The lowest BCUT2D eigenvalue weighted by molar-refractivity contribution is -0.142. The fraction of sp³-hybridized carbons (Fsp3) is 0.400. The van der Waals surface area contributed by atoms with Crippen LogP contribution >= 0.6 is 0 Å². The molecule has 0 aliphatic heterocycles. The van der Waals surface area contributed by atoms with Crippen LogP contribution < -0.4 is 10.2 Å². The Morgan fingerprint density at radius 2 is 1.86 bits per heavy atom. The molecule has 1 aliphatic rings. The standard InChI is InChI=1S/C25H28F3N5O2/c1-32(18-10-3-2-4-11-18)24(35)20(15-17-9-7-8-14-29-17)30-22(34)16-33-21-13-6-5-12-19(21)23(31-33)25(26,27)28/h2-4,7-11,14,20,22,30,34H,5-6,12-13,15-16H2,1H3/t20-,22?/m0/s1. The minimum Gasteiger partial charge on any atom is -0.377 e. The van der Waals surface area contributed by atoms with Crippen LogP contribution in [-0.4, -0.2) is 45.1 Å². The maximum atomic E-state index is 13.5. The minimum atomic E-state index is -4.55. The van der Waals surface area contributed by atoms with E-state index < -0.39 is 24.1 Å². The second kappa shape index (κ2) is 10.6. The Balaban J connectivity index is 1.55. The molecule has 1 aromatic carbocycles. The number of benzene rings is 1. The first-order chi connectivity index (χ1) is 16.7. The Morgan fingerprint density at radius 1 is 1.14 bits per heavy atom. The Morgan fingerprint density at radius 3 is 2.54 bits per heavy atom. The lowest BCUT2D eigenvalue weighted by Crippen LogP contribution is -2.51. The third-order valence-corrected chi connectivity index (χ3v) is 6.18. The Hall–Kier alpha value is -3.24. The van der Waals surface area contributed by atoms with Crippen molar-refractivity contribution >= 4 is 11.6 Å². The summed E-state index contributed by atoms with van der Waals surface area (Å²) in [5.41, 5.74) is 1.14. The van der Waals surface area contributed by atoms with E-state index in [0.717, 1.165) is 6.42 Å². The number of aliphatic hydroxyl groups is 1. The highest BCUT2D eigenvalue weighted by atomic mass is 19.4. The van der Waals surface area contributed by atoms with Gasteiger partial charge in [-0.1, -0.05) is 24.3 Å². The largest absolute Gasteiger partial charge is 0.435 e. The van der Waals surface area contributed by atoms with E-state index in [1.807, 2.05) is 18.2 Å². The highest BCUT2D eigenvalue weighted by Crippen LogP contribution is 2.35. The van der Waals surface area contributed by atoms with Gasteiger partial charge in [-0.3, -0.25) is 19.8 Å². The number of rotatable bonds is 8. The van der Waals surface area contributed by atoms with Crippen LogP contribution in [0.25, 0.3) is 0 Å². The fourth-order valence-corrected chi connectivity index (χ4v) is 4.46. The average Bonchev–Trinajstić information content (AvgIpc) is 3.23. The molecule has 0 spiro atoms. The SMILES string of the molecule is CN(C(=O)[C@H](Cc1ccccn1)NC(O)Cn1nc(C(F)(F)F)c2c1CCCC2)c1ccccc1. The molecule has 0 radical (unpaired) electrons. The number of aliphatic hydroxyl groups excluding tert-OH is 1. The normalized spacial score (nSPS) is 15.3.